The number of carbonyl (C=O) groups excluding carboxylic acids is 2. The summed E-state index contributed by atoms with van der Waals surface area (Å²) in [7, 11) is 0. The number of ketones is 1. The molecule has 70 valence electrons. The average molecular weight is 172 g/mol. The minimum Gasteiger partial charge on any atom is -0.457 e. The van der Waals surface area contributed by atoms with Crippen molar-refractivity contribution >= 4 is 11.8 Å². The van der Waals surface area contributed by atoms with E-state index in [2.05, 4.69) is 0 Å². The Hall–Kier alpha value is -0.860. The molecule has 0 spiro atoms. The van der Waals surface area contributed by atoms with E-state index in [0.29, 0.717) is 0 Å². The fourth-order valence-corrected chi connectivity index (χ4v) is 0.476. The van der Waals surface area contributed by atoms with Gasteiger partial charge >= 0.3 is 5.97 Å². The zero-order chi connectivity index (χ0) is 9.72. The van der Waals surface area contributed by atoms with Crippen LogP contribution in [0.4, 0.5) is 0 Å². The van der Waals surface area contributed by atoms with E-state index >= 15 is 0 Å². The van der Waals surface area contributed by atoms with Gasteiger partial charge in [-0.3, -0.25) is 9.59 Å². The normalized spacial score (nSPS) is 10.5. The number of esters is 1. The van der Waals surface area contributed by atoms with Crippen LogP contribution in [0.3, 0.4) is 0 Å². The van der Waals surface area contributed by atoms with Gasteiger partial charge in [0.05, 0.1) is 5.92 Å². The molecule has 12 heavy (non-hydrogen) atoms. The lowest BCUT2D eigenvalue weighted by molar-refractivity contribution is -0.151. The smallest absolute Gasteiger partial charge is 0.308 e. The molecule has 0 aromatic carbocycles. The second kappa shape index (κ2) is 4.91. The van der Waals surface area contributed by atoms with Crippen molar-refractivity contribution < 1.29 is 14.3 Å². The summed E-state index contributed by atoms with van der Waals surface area (Å²) in [6.07, 6.45) is 0. The first-order chi connectivity index (χ1) is 5.45. The predicted molar refractivity (Wildman–Crippen MR) is 45.6 cm³/mol. The highest BCUT2D eigenvalue weighted by molar-refractivity contribution is 5.84. The van der Waals surface area contributed by atoms with Gasteiger partial charge in [0, 0.05) is 5.92 Å². The second-order valence-electron chi connectivity index (χ2n) is 3.38. The van der Waals surface area contributed by atoms with E-state index in [9.17, 15) is 9.59 Å². The number of carbonyl (C=O) groups is 2. The highest BCUT2D eigenvalue weighted by atomic mass is 16.5. The number of ether oxygens (including phenoxy) is 1. The van der Waals surface area contributed by atoms with E-state index in [4.69, 9.17) is 4.74 Å². The first-order valence-electron chi connectivity index (χ1n) is 4.14. The number of Topliss-reactive ketones (excluding diaryl/α,β-unsaturated/α-hetero) is 1. The average Bonchev–Trinajstić information content (AvgIpc) is 1.98. The van der Waals surface area contributed by atoms with Gasteiger partial charge in [0.25, 0.3) is 0 Å². The molecule has 3 heteroatoms. The van der Waals surface area contributed by atoms with Crippen LogP contribution in [-0.2, 0) is 14.3 Å². The van der Waals surface area contributed by atoms with Crippen molar-refractivity contribution in [3.05, 3.63) is 0 Å². The van der Waals surface area contributed by atoms with Gasteiger partial charge in [-0.05, 0) is 0 Å². The molecule has 0 saturated carbocycles. The molecule has 0 aromatic rings. The molecule has 3 nitrogen and oxygen atoms in total. The zero-order valence-corrected chi connectivity index (χ0v) is 8.09. The molecule has 0 amide bonds. The Morgan fingerprint density at radius 1 is 1.08 bits per heavy atom. The molecule has 0 fully saturated rings. The summed E-state index contributed by atoms with van der Waals surface area (Å²) in [4.78, 5) is 21.9. The van der Waals surface area contributed by atoms with Crippen LogP contribution in [0.2, 0.25) is 0 Å². The van der Waals surface area contributed by atoms with Crippen LogP contribution in [0.1, 0.15) is 27.7 Å². The molecule has 0 rings (SSSR count). The lowest BCUT2D eigenvalue weighted by atomic mass is 10.1. The van der Waals surface area contributed by atoms with Gasteiger partial charge in [-0.25, -0.2) is 0 Å². The minimum atomic E-state index is -0.316. The molecule has 0 aliphatic carbocycles. The van der Waals surface area contributed by atoms with Crippen molar-refractivity contribution in [3.8, 4) is 0 Å². The van der Waals surface area contributed by atoms with E-state index in [1.165, 1.54) is 0 Å². The van der Waals surface area contributed by atoms with Crippen LogP contribution in [0.25, 0.3) is 0 Å². The summed E-state index contributed by atoms with van der Waals surface area (Å²) in [5, 5.41) is 0. The third-order valence-corrected chi connectivity index (χ3v) is 1.47. The maximum atomic E-state index is 11.0. The molecular weight excluding hydrogens is 156 g/mol. The molecule has 0 atom stereocenters. The van der Waals surface area contributed by atoms with Crippen molar-refractivity contribution in [1.29, 1.82) is 0 Å². The van der Waals surface area contributed by atoms with Crippen LogP contribution >= 0.6 is 0 Å². The summed E-state index contributed by atoms with van der Waals surface area (Å²) < 4.78 is 4.74. The van der Waals surface area contributed by atoms with Crippen LogP contribution < -0.4 is 0 Å². The lowest BCUT2D eigenvalue weighted by Gasteiger charge is -2.07. The van der Waals surface area contributed by atoms with Crippen molar-refractivity contribution in [2.45, 2.75) is 27.7 Å². The van der Waals surface area contributed by atoms with Gasteiger partial charge in [0.1, 0.15) is 6.61 Å². The largest absolute Gasteiger partial charge is 0.457 e. The highest BCUT2D eigenvalue weighted by Crippen LogP contribution is 1.99. The molecule has 0 aliphatic heterocycles. The van der Waals surface area contributed by atoms with Crippen LogP contribution in [0.5, 0.6) is 0 Å². The van der Waals surface area contributed by atoms with Gasteiger partial charge in [-0.2, -0.15) is 0 Å². The van der Waals surface area contributed by atoms with E-state index in [0.717, 1.165) is 0 Å². The third-order valence-electron chi connectivity index (χ3n) is 1.47. The molecule has 0 aliphatic rings. The number of hydrogen-bond donors (Lipinski definition) is 0. The first kappa shape index (κ1) is 11.1. The molecule has 0 aromatic heterocycles. The van der Waals surface area contributed by atoms with E-state index in [1.54, 1.807) is 27.7 Å². The number of hydrogen-bond acceptors (Lipinski definition) is 3. The maximum absolute atomic E-state index is 11.0. The van der Waals surface area contributed by atoms with Gasteiger partial charge in [-0.1, -0.05) is 27.7 Å². The molecule has 0 bridgehead atoms. The van der Waals surface area contributed by atoms with E-state index < -0.39 is 0 Å². The molecule has 0 N–H and O–H groups in total. The van der Waals surface area contributed by atoms with Crippen LogP contribution in [0.15, 0.2) is 0 Å². The van der Waals surface area contributed by atoms with Crippen LogP contribution in [0, 0.1) is 11.8 Å². The summed E-state index contributed by atoms with van der Waals surface area (Å²) in [6.45, 7) is 6.95. The van der Waals surface area contributed by atoms with Crippen molar-refractivity contribution in [1.82, 2.24) is 0 Å². The second-order valence-corrected chi connectivity index (χ2v) is 3.38. The molecule has 0 unspecified atom stereocenters. The molecule has 0 heterocycles. The quantitative estimate of drug-likeness (QED) is 0.602. The van der Waals surface area contributed by atoms with Gasteiger partial charge < -0.3 is 4.74 Å². The summed E-state index contributed by atoms with van der Waals surface area (Å²) in [5.74, 6) is -0.581. The predicted octanol–water partition coefficient (Wildman–Crippen LogP) is 1.41. The fraction of sp³-hybridized carbons (Fsp3) is 0.778. The Bertz CT molecular complexity index is 151. The van der Waals surface area contributed by atoms with Crippen molar-refractivity contribution in [2.75, 3.05) is 6.61 Å². The summed E-state index contributed by atoms with van der Waals surface area (Å²) >= 11 is 0. The Kier molecular flexibility index (Phi) is 4.55. The Balaban J connectivity index is 3.69. The summed E-state index contributed by atoms with van der Waals surface area (Å²) in [6, 6.07) is 0. The van der Waals surface area contributed by atoms with Crippen molar-refractivity contribution in [3.63, 3.8) is 0 Å². The van der Waals surface area contributed by atoms with Gasteiger partial charge in [0.15, 0.2) is 5.78 Å². The fourth-order valence-electron chi connectivity index (χ4n) is 0.476. The Labute approximate surface area is 73.1 Å². The first-order valence-corrected chi connectivity index (χ1v) is 4.14. The molecule has 0 radical (unpaired) electrons. The molecular formula is C9H16O3. The monoisotopic (exact) mass is 172 g/mol. The number of rotatable bonds is 4. The highest BCUT2D eigenvalue weighted by Gasteiger charge is 2.12. The summed E-state index contributed by atoms with van der Waals surface area (Å²) in [5.41, 5.74) is 0. The molecule has 0 saturated heterocycles. The zero-order valence-electron chi connectivity index (χ0n) is 8.09. The van der Waals surface area contributed by atoms with Crippen molar-refractivity contribution in [2.24, 2.45) is 11.8 Å². The van der Waals surface area contributed by atoms with E-state index in [1.807, 2.05) is 0 Å². The standard InChI is InChI=1S/C9H16O3/c1-6(2)8(10)5-12-9(11)7(3)4/h6-7H,5H2,1-4H3. The lowest BCUT2D eigenvalue weighted by Crippen LogP contribution is -2.20. The minimum absolute atomic E-state index is 0.0380. The van der Waals surface area contributed by atoms with Gasteiger partial charge in [-0.15, -0.1) is 0 Å². The topological polar surface area (TPSA) is 43.4 Å². The SMILES string of the molecule is CC(C)C(=O)COC(=O)C(C)C. The Morgan fingerprint density at radius 2 is 1.58 bits per heavy atom. The third kappa shape index (κ3) is 4.11. The van der Waals surface area contributed by atoms with Crippen LogP contribution in [-0.4, -0.2) is 18.4 Å². The Morgan fingerprint density at radius 3 is 1.92 bits per heavy atom. The van der Waals surface area contributed by atoms with Gasteiger partial charge in [0.2, 0.25) is 0 Å². The maximum Gasteiger partial charge on any atom is 0.308 e. The van der Waals surface area contributed by atoms with E-state index in [-0.39, 0.29) is 30.2 Å².